The molecule has 0 N–H and O–H groups in total. The van der Waals surface area contributed by atoms with Gasteiger partial charge in [0.15, 0.2) is 6.61 Å². The van der Waals surface area contributed by atoms with Crippen molar-refractivity contribution < 1.29 is 19.0 Å². The summed E-state index contributed by atoms with van der Waals surface area (Å²) in [4.78, 5) is 10.4. The van der Waals surface area contributed by atoms with Gasteiger partial charge < -0.3 is 14.2 Å². The van der Waals surface area contributed by atoms with Crippen molar-refractivity contribution >= 4 is 6.16 Å². The minimum Gasteiger partial charge on any atom is -0.428 e. The van der Waals surface area contributed by atoms with Crippen LogP contribution in [-0.2, 0) is 14.2 Å². The number of carbonyl (C=O) groups is 1. The van der Waals surface area contributed by atoms with Crippen molar-refractivity contribution in [3.8, 4) is 0 Å². The number of cyclic esters (lactones) is 2. The first kappa shape index (κ1) is 8.33. The molecule has 0 radical (unpaired) electrons. The summed E-state index contributed by atoms with van der Waals surface area (Å²) in [6.07, 6.45) is 0.941. The van der Waals surface area contributed by atoms with Crippen molar-refractivity contribution in [3.63, 3.8) is 0 Å². The van der Waals surface area contributed by atoms with Crippen LogP contribution in [0.2, 0.25) is 0 Å². The summed E-state index contributed by atoms with van der Waals surface area (Å²) in [5, 5.41) is 0. The molecule has 1 aliphatic rings. The molecule has 1 unspecified atom stereocenters. The average molecular weight is 160 g/mol. The molecule has 0 aromatic carbocycles. The van der Waals surface area contributed by atoms with Crippen LogP contribution in [0.15, 0.2) is 0 Å². The molecule has 4 heteroatoms. The van der Waals surface area contributed by atoms with E-state index in [0.717, 1.165) is 12.8 Å². The standard InChI is InChI=1S/C7H12O4/c1-2-3-4-9-6-5-10-7(8)11-6/h6H,2-5H2,1H3. The molecule has 0 aliphatic carbocycles. The van der Waals surface area contributed by atoms with Crippen LogP contribution in [0.1, 0.15) is 19.8 Å². The highest BCUT2D eigenvalue weighted by Crippen LogP contribution is 2.07. The van der Waals surface area contributed by atoms with Crippen molar-refractivity contribution in [2.45, 2.75) is 26.1 Å². The molecule has 1 fully saturated rings. The fraction of sp³-hybridized carbons (Fsp3) is 0.857. The maximum atomic E-state index is 10.4. The number of rotatable bonds is 4. The molecule has 0 spiro atoms. The fourth-order valence-electron chi connectivity index (χ4n) is 0.753. The van der Waals surface area contributed by atoms with E-state index in [1.807, 2.05) is 0 Å². The maximum absolute atomic E-state index is 10.4. The zero-order chi connectivity index (χ0) is 8.10. The van der Waals surface area contributed by atoms with Crippen LogP contribution >= 0.6 is 0 Å². The van der Waals surface area contributed by atoms with Gasteiger partial charge in [0.05, 0.1) is 6.61 Å². The molecule has 1 rings (SSSR count). The number of ether oxygens (including phenoxy) is 3. The molecule has 1 atom stereocenters. The molecule has 1 saturated heterocycles. The Morgan fingerprint density at radius 3 is 3.09 bits per heavy atom. The minimum atomic E-state index is -0.633. The zero-order valence-corrected chi connectivity index (χ0v) is 6.54. The zero-order valence-electron chi connectivity index (χ0n) is 6.54. The van der Waals surface area contributed by atoms with Gasteiger partial charge in [-0.15, -0.1) is 0 Å². The Balaban J connectivity index is 2.04. The van der Waals surface area contributed by atoms with E-state index in [1.165, 1.54) is 0 Å². The number of hydrogen-bond donors (Lipinski definition) is 0. The van der Waals surface area contributed by atoms with E-state index >= 15 is 0 Å². The van der Waals surface area contributed by atoms with Crippen LogP contribution in [0.5, 0.6) is 0 Å². The Bertz CT molecular complexity index is 134. The van der Waals surface area contributed by atoms with Gasteiger partial charge >= 0.3 is 6.16 Å². The number of hydrogen-bond acceptors (Lipinski definition) is 4. The molecule has 64 valence electrons. The van der Waals surface area contributed by atoms with Crippen LogP contribution < -0.4 is 0 Å². The van der Waals surface area contributed by atoms with Gasteiger partial charge in [-0.25, -0.2) is 4.79 Å². The van der Waals surface area contributed by atoms with Crippen molar-refractivity contribution in [1.29, 1.82) is 0 Å². The molecule has 0 aromatic heterocycles. The first-order valence-corrected chi connectivity index (χ1v) is 3.78. The summed E-state index contributed by atoms with van der Waals surface area (Å²) < 4.78 is 14.3. The Morgan fingerprint density at radius 1 is 1.73 bits per heavy atom. The predicted molar refractivity (Wildman–Crippen MR) is 37.1 cm³/mol. The Hall–Kier alpha value is -0.770. The van der Waals surface area contributed by atoms with Crippen LogP contribution in [0, 0.1) is 0 Å². The molecule has 1 aliphatic heterocycles. The molecule has 0 aromatic rings. The second-order valence-corrected chi connectivity index (χ2v) is 2.33. The minimum absolute atomic E-state index is 0.225. The van der Waals surface area contributed by atoms with Gasteiger partial charge in [-0.3, -0.25) is 0 Å². The highest BCUT2D eigenvalue weighted by Gasteiger charge is 2.24. The second kappa shape index (κ2) is 4.18. The molecule has 0 saturated carbocycles. The molecule has 4 nitrogen and oxygen atoms in total. The average Bonchev–Trinajstić information content (AvgIpc) is 2.37. The monoisotopic (exact) mass is 160 g/mol. The third kappa shape index (κ3) is 2.76. The van der Waals surface area contributed by atoms with Crippen molar-refractivity contribution in [2.75, 3.05) is 13.2 Å². The van der Waals surface area contributed by atoms with Gasteiger partial charge in [0.2, 0.25) is 6.29 Å². The Kier molecular flexibility index (Phi) is 3.16. The smallest absolute Gasteiger partial charge is 0.428 e. The van der Waals surface area contributed by atoms with Crippen molar-refractivity contribution in [1.82, 2.24) is 0 Å². The summed E-state index contributed by atoms with van der Waals surface area (Å²) in [6, 6.07) is 0. The quantitative estimate of drug-likeness (QED) is 0.459. The lowest BCUT2D eigenvalue weighted by molar-refractivity contribution is -0.0777. The van der Waals surface area contributed by atoms with E-state index in [-0.39, 0.29) is 6.61 Å². The van der Waals surface area contributed by atoms with Gasteiger partial charge in [0, 0.05) is 0 Å². The molecule has 0 amide bonds. The number of carbonyl (C=O) groups excluding carboxylic acids is 1. The van der Waals surface area contributed by atoms with E-state index in [0.29, 0.717) is 6.61 Å². The fourth-order valence-corrected chi connectivity index (χ4v) is 0.753. The topological polar surface area (TPSA) is 44.8 Å². The van der Waals surface area contributed by atoms with E-state index in [9.17, 15) is 4.79 Å². The summed E-state index contributed by atoms with van der Waals surface area (Å²) in [6.45, 7) is 2.92. The van der Waals surface area contributed by atoms with Gasteiger partial charge in [-0.2, -0.15) is 0 Å². The molecular formula is C7H12O4. The third-order valence-corrected chi connectivity index (χ3v) is 1.37. The lowest BCUT2D eigenvalue weighted by atomic mass is 10.4. The van der Waals surface area contributed by atoms with Crippen LogP contribution in [-0.4, -0.2) is 25.7 Å². The predicted octanol–water partition coefficient (Wildman–Crippen LogP) is 1.30. The van der Waals surface area contributed by atoms with E-state index in [1.54, 1.807) is 0 Å². The lowest BCUT2D eigenvalue weighted by Gasteiger charge is -2.06. The Morgan fingerprint density at radius 2 is 2.55 bits per heavy atom. The molecule has 11 heavy (non-hydrogen) atoms. The summed E-state index contributed by atoms with van der Waals surface area (Å²) >= 11 is 0. The van der Waals surface area contributed by atoms with Gasteiger partial charge in [0.1, 0.15) is 0 Å². The van der Waals surface area contributed by atoms with Crippen molar-refractivity contribution in [2.24, 2.45) is 0 Å². The van der Waals surface area contributed by atoms with Crippen molar-refractivity contribution in [3.05, 3.63) is 0 Å². The normalized spacial score (nSPS) is 23.0. The van der Waals surface area contributed by atoms with E-state index in [2.05, 4.69) is 16.4 Å². The summed E-state index contributed by atoms with van der Waals surface area (Å²) in [5.74, 6) is 0. The van der Waals surface area contributed by atoms with E-state index < -0.39 is 12.4 Å². The van der Waals surface area contributed by atoms with Gasteiger partial charge in [0.25, 0.3) is 0 Å². The third-order valence-electron chi connectivity index (χ3n) is 1.37. The Labute approximate surface area is 65.4 Å². The summed E-state index contributed by atoms with van der Waals surface area (Å²) in [5.41, 5.74) is 0. The molecular weight excluding hydrogens is 148 g/mol. The van der Waals surface area contributed by atoms with Crippen LogP contribution in [0.3, 0.4) is 0 Å². The highest BCUT2D eigenvalue weighted by molar-refractivity contribution is 5.61. The molecule has 1 heterocycles. The lowest BCUT2D eigenvalue weighted by Crippen LogP contribution is -2.15. The first-order chi connectivity index (χ1) is 5.33. The van der Waals surface area contributed by atoms with Gasteiger partial charge in [-0.1, -0.05) is 13.3 Å². The largest absolute Gasteiger partial charge is 0.510 e. The maximum Gasteiger partial charge on any atom is 0.510 e. The van der Waals surface area contributed by atoms with Crippen LogP contribution in [0.25, 0.3) is 0 Å². The molecule has 0 bridgehead atoms. The van der Waals surface area contributed by atoms with Gasteiger partial charge in [-0.05, 0) is 6.42 Å². The number of unbranched alkanes of at least 4 members (excludes halogenated alkanes) is 1. The van der Waals surface area contributed by atoms with E-state index in [4.69, 9.17) is 4.74 Å². The highest BCUT2D eigenvalue weighted by atomic mass is 16.8. The SMILES string of the molecule is CCCCOC1COC(=O)O1. The first-order valence-electron chi connectivity index (χ1n) is 3.78. The van der Waals surface area contributed by atoms with Crippen LogP contribution in [0.4, 0.5) is 4.79 Å². The summed E-state index contributed by atoms with van der Waals surface area (Å²) in [7, 11) is 0. The second-order valence-electron chi connectivity index (χ2n) is 2.33.